The summed E-state index contributed by atoms with van der Waals surface area (Å²) >= 11 is 0. The smallest absolute Gasteiger partial charge is 0.223 e. The Bertz CT molecular complexity index is 621. The number of amides is 1. The molecule has 5 nitrogen and oxygen atoms in total. The highest BCUT2D eigenvalue weighted by molar-refractivity contribution is 5.97. The van der Waals surface area contributed by atoms with Gasteiger partial charge >= 0.3 is 0 Å². The minimum absolute atomic E-state index is 0.0251. The van der Waals surface area contributed by atoms with Crippen molar-refractivity contribution in [1.82, 2.24) is 14.7 Å². The van der Waals surface area contributed by atoms with Crippen molar-refractivity contribution in [3.05, 3.63) is 35.6 Å². The highest BCUT2D eigenvalue weighted by atomic mass is 19.1. The van der Waals surface area contributed by atoms with Crippen LogP contribution in [0.5, 0.6) is 0 Å². The second-order valence-electron chi connectivity index (χ2n) is 7.82. The van der Waals surface area contributed by atoms with E-state index in [0.29, 0.717) is 30.7 Å². The van der Waals surface area contributed by atoms with Gasteiger partial charge in [-0.1, -0.05) is 0 Å². The number of halogens is 1. The van der Waals surface area contributed by atoms with E-state index in [4.69, 9.17) is 0 Å². The second-order valence-corrected chi connectivity index (χ2v) is 7.82. The van der Waals surface area contributed by atoms with E-state index in [0.717, 1.165) is 19.5 Å². The van der Waals surface area contributed by atoms with Crippen LogP contribution in [0.25, 0.3) is 0 Å². The minimum Gasteiger partial charge on any atom is -0.340 e. The number of Topliss-reactive ketones (excluding diaryl/α,β-unsaturated/α-hetero) is 1. The number of carbonyl (C=O) groups is 2. The molecular formula is C21H32FN3O2. The molecule has 1 aliphatic heterocycles. The van der Waals surface area contributed by atoms with Gasteiger partial charge in [0.05, 0.1) is 0 Å². The SMILES string of the molecule is CC1CN(C(=O)CCC(=O)c2ccc(F)cc2)CC(C)N1CCCN(C)C. The fourth-order valence-corrected chi connectivity index (χ4v) is 3.73. The highest BCUT2D eigenvalue weighted by Crippen LogP contribution is 2.18. The van der Waals surface area contributed by atoms with Gasteiger partial charge in [-0.2, -0.15) is 0 Å². The normalized spacial score (nSPS) is 20.9. The van der Waals surface area contributed by atoms with E-state index in [9.17, 15) is 14.0 Å². The third kappa shape index (κ3) is 6.40. The Hall–Kier alpha value is -1.79. The summed E-state index contributed by atoms with van der Waals surface area (Å²) in [6.07, 6.45) is 1.48. The fraction of sp³-hybridized carbons (Fsp3) is 0.619. The zero-order chi connectivity index (χ0) is 20.0. The Labute approximate surface area is 162 Å². The number of hydrogen-bond donors (Lipinski definition) is 0. The van der Waals surface area contributed by atoms with Gasteiger partial charge in [-0.3, -0.25) is 14.5 Å². The van der Waals surface area contributed by atoms with Crippen LogP contribution in [0.2, 0.25) is 0 Å². The Kier molecular flexibility index (Phi) is 7.92. The van der Waals surface area contributed by atoms with Crippen molar-refractivity contribution < 1.29 is 14.0 Å². The van der Waals surface area contributed by atoms with E-state index >= 15 is 0 Å². The molecule has 1 fully saturated rings. The zero-order valence-electron chi connectivity index (χ0n) is 16.9. The molecule has 150 valence electrons. The summed E-state index contributed by atoms with van der Waals surface area (Å²) in [6.45, 7) is 7.83. The van der Waals surface area contributed by atoms with Crippen LogP contribution in [0.3, 0.4) is 0 Å². The van der Waals surface area contributed by atoms with E-state index in [2.05, 4.69) is 37.7 Å². The quantitative estimate of drug-likeness (QED) is 0.654. The van der Waals surface area contributed by atoms with Crippen molar-refractivity contribution in [2.75, 3.05) is 40.3 Å². The van der Waals surface area contributed by atoms with Crippen LogP contribution < -0.4 is 0 Å². The first-order chi connectivity index (χ1) is 12.8. The first-order valence-corrected chi connectivity index (χ1v) is 9.75. The van der Waals surface area contributed by atoms with Crippen molar-refractivity contribution in [3.8, 4) is 0 Å². The van der Waals surface area contributed by atoms with E-state index < -0.39 is 0 Å². The van der Waals surface area contributed by atoms with Gasteiger partial charge in [0.1, 0.15) is 5.82 Å². The van der Waals surface area contributed by atoms with E-state index in [1.54, 1.807) is 0 Å². The molecule has 2 atom stereocenters. The molecule has 0 N–H and O–H groups in total. The molecule has 1 aromatic rings. The first kappa shape index (κ1) is 21.5. The van der Waals surface area contributed by atoms with Crippen LogP contribution in [0.4, 0.5) is 4.39 Å². The van der Waals surface area contributed by atoms with Crippen molar-refractivity contribution >= 4 is 11.7 Å². The molecule has 2 unspecified atom stereocenters. The van der Waals surface area contributed by atoms with Crippen LogP contribution >= 0.6 is 0 Å². The Morgan fingerprint density at radius 2 is 1.67 bits per heavy atom. The Morgan fingerprint density at radius 1 is 1.07 bits per heavy atom. The molecule has 0 bridgehead atoms. The molecule has 2 rings (SSSR count). The average Bonchev–Trinajstić information content (AvgIpc) is 2.61. The molecule has 0 aliphatic carbocycles. The minimum atomic E-state index is -0.367. The molecule has 1 amide bonds. The van der Waals surface area contributed by atoms with Crippen molar-refractivity contribution in [2.24, 2.45) is 0 Å². The van der Waals surface area contributed by atoms with Gasteiger partial charge < -0.3 is 9.80 Å². The molecule has 0 saturated carbocycles. The molecule has 0 radical (unpaired) electrons. The Balaban J connectivity index is 1.81. The predicted molar refractivity (Wildman–Crippen MR) is 105 cm³/mol. The number of rotatable bonds is 8. The van der Waals surface area contributed by atoms with E-state index in [1.165, 1.54) is 24.3 Å². The summed E-state index contributed by atoms with van der Waals surface area (Å²) < 4.78 is 13.0. The van der Waals surface area contributed by atoms with E-state index in [-0.39, 0.29) is 30.3 Å². The van der Waals surface area contributed by atoms with Gasteiger partial charge in [-0.15, -0.1) is 0 Å². The maximum atomic E-state index is 13.0. The van der Waals surface area contributed by atoms with Gasteiger partial charge in [0, 0.05) is 50.1 Å². The lowest BCUT2D eigenvalue weighted by Crippen LogP contribution is -2.58. The number of nitrogens with zero attached hydrogens (tertiary/aromatic N) is 3. The van der Waals surface area contributed by atoms with Gasteiger partial charge in [0.25, 0.3) is 0 Å². The monoisotopic (exact) mass is 377 g/mol. The third-order valence-electron chi connectivity index (χ3n) is 5.21. The number of benzene rings is 1. The molecule has 1 aromatic carbocycles. The molecule has 0 spiro atoms. The fourth-order valence-electron chi connectivity index (χ4n) is 3.73. The van der Waals surface area contributed by atoms with Crippen molar-refractivity contribution in [3.63, 3.8) is 0 Å². The molecule has 1 saturated heterocycles. The molecule has 0 aromatic heterocycles. The van der Waals surface area contributed by atoms with Crippen LogP contribution in [-0.2, 0) is 4.79 Å². The number of carbonyl (C=O) groups excluding carboxylic acids is 2. The molecular weight excluding hydrogens is 345 g/mol. The first-order valence-electron chi connectivity index (χ1n) is 9.75. The Morgan fingerprint density at radius 3 is 2.22 bits per heavy atom. The summed E-state index contributed by atoms with van der Waals surface area (Å²) in [4.78, 5) is 31.3. The largest absolute Gasteiger partial charge is 0.340 e. The molecule has 6 heteroatoms. The van der Waals surface area contributed by atoms with Crippen molar-refractivity contribution in [1.29, 1.82) is 0 Å². The van der Waals surface area contributed by atoms with Gasteiger partial charge in [0.15, 0.2) is 5.78 Å². The van der Waals surface area contributed by atoms with E-state index in [1.807, 2.05) is 4.90 Å². The third-order valence-corrected chi connectivity index (χ3v) is 5.21. The lowest BCUT2D eigenvalue weighted by atomic mass is 10.0. The summed E-state index contributed by atoms with van der Waals surface area (Å²) in [5, 5.41) is 0. The van der Waals surface area contributed by atoms with Gasteiger partial charge in [-0.25, -0.2) is 4.39 Å². The van der Waals surface area contributed by atoms with Gasteiger partial charge in [0.2, 0.25) is 5.91 Å². The predicted octanol–water partition coefficient (Wildman–Crippen LogP) is 2.66. The second kappa shape index (κ2) is 9.95. The summed E-state index contributed by atoms with van der Waals surface area (Å²) in [5.41, 5.74) is 0.455. The highest BCUT2D eigenvalue weighted by Gasteiger charge is 2.31. The maximum absolute atomic E-state index is 13.0. The lowest BCUT2D eigenvalue weighted by molar-refractivity contribution is -0.135. The number of ketones is 1. The van der Waals surface area contributed by atoms with Crippen LogP contribution in [0.1, 0.15) is 43.5 Å². The summed E-state index contributed by atoms with van der Waals surface area (Å²) in [7, 11) is 4.16. The van der Waals surface area contributed by atoms with Crippen LogP contribution in [0.15, 0.2) is 24.3 Å². The molecule has 27 heavy (non-hydrogen) atoms. The van der Waals surface area contributed by atoms with Gasteiger partial charge in [-0.05, 0) is 65.2 Å². The topological polar surface area (TPSA) is 43.9 Å². The van der Waals surface area contributed by atoms with Crippen LogP contribution in [0, 0.1) is 5.82 Å². The summed E-state index contributed by atoms with van der Waals surface area (Å²) in [5.74, 6) is -0.460. The molecule has 1 aliphatic rings. The number of hydrogen-bond acceptors (Lipinski definition) is 4. The lowest BCUT2D eigenvalue weighted by Gasteiger charge is -2.44. The van der Waals surface area contributed by atoms with Crippen molar-refractivity contribution in [2.45, 2.75) is 45.2 Å². The van der Waals surface area contributed by atoms with Crippen LogP contribution in [-0.4, -0.2) is 78.7 Å². The maximum Gasteiger partial charge on any atom is 0.223 e. The summed E-state index contributed by atoms with van der Waals surface area (Å²) in [6, 6.07) is 6.11. The average molecular weight is 378 g/mol. The zero-order valence-corrected chi connectivity index (χ0v) is 16.9. The standard InChI is InChI=1S/C21H32FN3O2/c1-16-14-24(15-17(2)25(16)13-5-12-23(3)4)21(27)11-10-20(26)18-6-8-19(22)9-7-18/h6-9,16-17H,5,10-15H2,1-4H3. The molecule has 1 heterocycles. The number of piperazine rings is 1.